The van der Waals surface area contributed by atoms with Gasteiger partial charge in [0.25, 0.3) is 0 Å². The number of hydrogen-bond acceptors (Lipinski definition) is 4. The van der Waals surface area contributed by atoms with E-state index in [9.17, 15) is 9.59 Å². The largest absolute Gasteiger partial charge is 0.306 e. The summed E-state index contributed by atoms with van der Waals surface area (Å²) < 4.78 is 0. The molecule has 1 N–H and O–H groups in total. The average Bonchev–Trinajstić information content (AvgIpc) is 2.48. The Morgan fingerprint density at radius 3 is 2.59 bits per heavy atom. The Balaban J connectivity index is 1.88. The highest BCUT2D eigenvalue weighted by molar-refractivity contribution is 6.05. The summed E-state index contributed by atoms with van der Waals surface area (Å²) in [6, 6.07) is 0.0779. The van der Waals surface area contributed by atoms with E-state index >= 15 is 0 Å². The second-order valence-corrected chi connectivity index (χ2v) is 5.15. The number of carbonyl (C=O) groups excluding carboxylic acids is 2. The number of imide groups is 1. The van der Waals surface area contributed by atoms with Crippen molar-refractivity contribution in [1.29, 1.82) is 0 Å². The van der Waals surface area contributed by atoms with E-state index in [1.807, 2.05) is 0 Å². The fourth-order valence-corrected chi connectivity index (χ4v) is 2.58. The summed E-state index contributed by atoms with van der Waals surface area (Å²) >= 11 is 0. The zero-order chi connectivity index (χ0) is 12.4. The van der Waals surface area contributed by atoms with Gasteiger partial charge in [-0.05, 0) is 39.4 Å². The summed E-state index contributed by atoms with van der Waals surface area (Å²) in [4.78, 5) is 26.7. The molecule has 0 spiro atoms. The fraction of sp³-hybridized carbons (Fsp3) is 0.833. The molecule has 17 heavy (non-hydrogen) atoms. The number of carbonyl (C=O) groups is 2. The van der Waals surface area contributed by atoms with Gasteiger partial charge in [-0.15, -0.1) is 0 Å². The Kier molecular flexibility index (Phi) is 3.79. The fourth-order valence-electron chi connectivity index (χ4n) is 2.58. The zero-order valence-corrected chi connectivity index (χ0v) is 10.6. The van der Waals surface area contributed by atoms with Gasteiger partial charge in [0.1, 0.15) is 0 Å². The minimum absolute atomic E-state index is 0.0711. The molecule has 0 aromatic rings. The van der Waals surface area contributed by atoms with Gasteiger partial charge in [0.2, 0.25) is 11.8 Å². The van der Waals surface area contributed by atoms with E-state index in [1.165, 1.54) is 4.90 Å². The highest BCUT2D eigenvalue weighted by Gasteiger charge is 2.37. The van der Waals surface area contributed by atoms with Crippen molar-refractivity contribution < 1.29 is 9.59 Å². The summed E-state index contributed by atoms with van der Waals surface area (Å²) in [7, 11) is 3.69. The monoisotopic (exact) mass is 239 g/mol. The lowest BCUT2D eigenvalue weighted by molar-refractivity contribution is -0.137. The third-order valence-corrected chi connectivity index (χ3v) is 3.77. The SMILES string of the molecule is CN1CCCC(NC2CC(=O)N(C)C2=O)CC1. The molecule has 2 unspecified atom stereocenters. The summed E-state index contributed by atoms with van der Waals surface area (Å²) in [5.41, 5.74) is 0. The normalized spacial score (nSPS) is 32.0. The average molecular weight is 239 g/mol. The van der Waals surface area contributed by atoms with Crippen LogP contribution in [-0.4, -0.2) is 60.9 Å². The van der Waals surface area contributed by atoms with E-state index in [0.29, 0.717) is 12.5 Å². The van der Waals surface area contributed by atoms with Gasteiger partial charge in [0, 0.05) is 13.1 Å². The number of nitrogens with one attached hydrogen (secondary N) is 1. The van der Waals surface area contributed by atoms with Crippen LogP contribution in [0.3, 0.4) is 0 Å². The predicted octanol–water partition coefficient (Wildman–Crippen LogP) is -0.182. The number of rotatable bonds is 2. The van der Waals surface area contributed by atoms with Crippen LogP contribution in [0.1, 0.15) is 25.7 Å². The molecule has 2 rings (SSSR count). The van der Waals surface area contributed by atoms with Crippen LogP contribution in [0.15, 0.2) is 0 Å². The Morgan fingerprint density at radius 2 is 1.94 bits per heavy atom. The number of hydrogen-bond donors (Lipinski definition) is 1. The number of nitrogens with zero attached hydrogens (tertiary/aromatic N) is 2. The van der Waals surface area contributed by atoms with Crippen LogP contribution in [0.25, 0.3) is 0 Å². The molecule has 2 heterocycles. The van der Waals surface area contributed by atoms with Crippen LogP contribution >= 0.6 is 0 Å². The molecule has 0 radical (unpaired) electrons. The Bertz CT molecular complexity index is 319. The molecule has 0 aromatic heterocycles. The molecule has 2 amide bonds. The highest BCUT2D eigenvalue weighted by atomic mass is 16.2. The molecular weight excluding hydrogens is 218 g/mol. The van der Waals surface area contributed by atoms with Crippen molar-refractivity contribution in [2.75, 3.05) is 27.2 Å². The van der Waals surface area contributed by atoms with Crippen molar-refractivity contribution in [2.45, 2.75) is 37.8 Å². The van der Waals surface area contributed by atoms with E-state index in [-0.39, 0.29) is 17.9 Å². The lowest BCUT2D eigenvalue weighted by Crippen LogP contribution is -2.43. The maximum absolute atomic E-state index is 11.8. The molecule has 0 saturated carbocycles. The molecule has 2 saturated heterocycles. The number of likely N-dealkylation sites (N-methyl/N-ethyl adjacent to an activating group) is 1. The number of likely N-dealkylation sites (tertiary alicyclic amines) is 2. The van der Waals surface area contributed by atoms with Gasteiger partial charge in [-0.2, -0.15) is 0 Å². The molecule has 2 fully saturated rings. The Hall–Kier alpha value is -0.940. The molecule has 2 aliphatic rings. The van der Waals surface area contributed by atoms with Crippen molar-refractivity contribution >= 4 is 11.8 Å². The first-order chi connectivity index (χ1) is 8.08. The lowest BCUT2D eigenvalue weighted by Gasteiger charge is -2.20. The van der Waals surface area contributed by atoms with Gasteiger partial charge in [0.15, 0.2) is 0 Å². The summed E-state index contributed by atoms with van der Waals surface area (Å²) in [5, 5.41) is 3.35. The minimum Gasteiger partial charge on any atom is -0.306 e. The lowest BCUT2D eigenvalue weighted by atomic mass is 10.1. The second-order valence-electron chi connectivity index (χ2n) is 5.15. The van der Waals surface area contributed by atoms with Crippen molar-refractivity contribution in [3.05, 3.63) is 0 Å². The van der Waals surface area contributed by atoms with Gasteiger partial charge in [-0.3, -0.25) is 14.5 Å². The van der Waals surface area contributed by atoms with Gasteiger partial charge >= 0.3 is 0 Å². The van der Waals surface area contributed by atoms with E-state index in [4.69, 9.17) is 0 Å². The molecule has 0 aliphatic carbocycles. The molecular formula is C12H21N3O2. The van der Waals surface area contributed by atoms with Crippen molar-refractivity contribution in [1.82, 2.24) is 15.1 Å². The first-order valence-electron chi connectivity index (χ1n) is 6.33. The van der Waals surface area contributed by atoms with Crippen LogP contribution in [-0.2, 0) is 9.59 Å². The van der Waals surface area contributed by atoms with Gasteiger partial charge in [-0.1, -0.05) is 0 Å². The molecule has 2 atom stereocenters. The molecule has 2 aliphatic heterocycles. The van der Waals surface area contributed by atoms with E-state index < -0.39 is 0 Å². The van der Waals surface area contributed by atoms with Crippen molar-refractivity contribution in [2.24, 2.45) is 0 Å². The molecule has 0 bridgehead atoms. The summed E-state index contributed by atoms with van der Waals surface area (Å²) in [6.45, 7) is 2.18. The van der Waals surface area contributed by atoms with Gasteiger partial charge < -0.3 is 10.2 Å². The third kappa shape index (κ3) is 2.84. The van der Waals surface area contributed by atoms with E-state index in [2.05, 4.69) is 17.3 Å². The quantitative estimate of drug-likeness (QED) is 0.679. The second kappa shape index (κ2) is 5.14. The Labute approximate surface area is 102 Å². The predicted molar refractivity (Wildman–Crippen MR) is 64.5 cm³/mol. The van der Waals surface area contributed by atoms with E-state index in [1.54, 1.807) is 7.05 Å². The van der Waals surface area contributed by atoms with Crippen molar-refractivity contribution in [3.63, 3.8) is 0 Å². The molecule has 5 heteroatoms. The molecule has 5 nitrogen and oxygen atoms in total. The molecule has 96 valence electrons. The van der Waals surface area contributed by atoms with Crippen LogP contribution in [0.5, 0.6) is 0 Å². The smallest absolute Gasteiger partial charge is 0.246 e. The maximum Gasteiger partial charge on any atom is 0.246 e. The summed E-state index contributed by atoms with van der Waals surface area (Å²) in [5.74, 6) is -0.147. The van der Waals surface area contributed by atoms with Crippen LogP contribution < -0.4 is 5.32 Å². The molecule has 0 aromatic carbocycles. The summed E-state index contributed by atoms with van der Waals surface area (Å²) in [6.07, 6.45) is 3.62. The van der Waals surface area contributed by atoms with Crippen LogP contribution in [0.2, 0.25) is 0 Å². The minimum atomic E-state index is -0.291. The standard InChI is InChI=1S/C12H21N3O2/c1-14-6-3-4-9(5-7-14)13-10-8-11(16)15(2)12(10)17/h9-10,13H,3-8H2,1-2H3. The maximum atomic E-state index is 11.8. The van der Waals surface area contributed by atoms with Crippen LogP contribution in [0, 0.1) is 0 Å². The first kappa shape index (κ1) is 12.5. The topological polar surface area (TPSA) is 52.7 Å². The van der Waals surface area contributed by atoms with Gasteiger partial charge in [-0.25, -0.2) is 0 Å². The Morgan fingerprint density at radius 1 is 1.18 bits per heavy atom. The third-order valence-electron chi connectivity index (χ3n) is 3.77. The van der Waals surface area contributed by atoms with E-state index in [0.717, 1.165) is 32.4 Å². The highest BCUT2D eigenvalue weighted by Crippen LogP contribution is 2.15. The van der Waals surface area contributed by atoms with Crippen LogP contribution in [0.4, 0.5) is 0 Å². The number of amides is 2. The van der Waals surface area contributed by atoms with Gasteiger partial charge in [0.05, 0.1) is 12.5 Å². The first-order valence-corrected chi connectivity index (χ1v) is 6.33. The van der Waals surface area contributed by atoms with Crippen molar-refractivity contribution in [3.8, 4) is 0 Å². The zero-order valence-electron chi connectivity index (χ0n) is 10.6.